The summed E-state index contributed by atoms with van der Waals surface area (Å²) in [5, 5.41) is 5.80. The maximum atomic E-state index is 13.2. The number of carbonyl (C=O) groups excluding carboxylic acids is 4. The number of alkyl carbamates (subject to hydrolysis) is 1. The van der Waals surface area contributed by atoms with Gasteiger partial charge in [-0.3, -0.25) is 9.59 Å². The molecule has 1 aromatic carbocycles. The standard InChI is InChI=1S/C25H37N3O7/c1-24(2,3)34-22(31)16-9-10-18-17(13-16)15-28(21(30)19(27-18)14-20(29)33-7)12-8-11-26-23(32)35-25(4,5)6/h9-10,13,19,27H,8,11-12,14-15H2,1-7H3,(H,26,32)/t19-/m1/s1. The quantitative estimate of drug-likeness (QED) is 0.339. The van der Waals surface area contributed by atoms with E-state index in [1.54, 1.807) is 64.6 Å². The van der Waals surface area contributed by atoms with E-state index in [1.165, 1.54) is 7.11 Å². The van der Waals surface area contributed by atoms with Crippen molar-refractivity contribution in [2.75, 3.05) is 25.5 Å². The first-order valence-electron chi connectivity index (χ1n) is 11.6. The van der Waals surface area contributed by atoms with Crippen molar-refractivity contribution in [2.24, 2.45) is 0 Å². The molecule has 1 aliphatic rings. The molecule has 10 nitrogen and oxygen atoms in total. The molecule has 2 rings (SSSR count). The molecule has 194 valence electrons. The van der Waals surface area contributed by atoms with E-state index in [0.29, 0.717) is 36.3 Å². The Hall–Kier alpha value is -3.30. The molecule has 35 heavy (non-hydrogen) atoms. The summed E-state index contributed by atoms with van der Waals surface area (Å²) < 4.78 is 15.4. The van der Waals surface area contributed by atoms with Crippen LogP contribution in [0.25, 0.3) is 0 Å². The van der Waals surface area contributed by atoms with Gasteiger partial charge in [-0.25, -0.2) is 9.59 Å². The molecule has 1 aromatic rings. The van der Waals surface area contributed by atoms with E-state index >= 15 is 0 Å². The number of hydrogen-bond acceptors (Lipinski definition) is 8. The van der Waals surface area contributed by atoms with Gasteiger partial charge in [0.1, 0.15) is 17.2 Å². The number of carbonyl (C=O) groups is 4. The number of nitrogens with one attached hydrogen (secondary N) is 2. The van der Waals surface area contributed by atoms with Crippen LogP contribution in [0.3, 0.4) is 0 Å². The van der Waals surface area contributed by atoms with E-state index in [2.05, 4.69) is 10.6 Å². The van der Waals surface area contributed by atoms with Crippen LogP contribution in [0.1, 0.15) is 70.3 Å². The summed E-state index contributed by atoms with van der Waals surface area (Å²) in [6, 6.07) is 4.20. The van der Waals surface area contributed by atoms with Gasteiger partial charge in [-0.15, -0.1) is 0 Å². The fourth-order valence-electron chi connectivity index (χ4n) is 3.43. The van der Waals surface area contributed by atoms with Crippen molar-refractivity contribution in [3.05, 3.63) is 29.3 Å². The van der Waals surface area contributed by atoms with Crippen molar-refractivity contribution in [1.29, 1.82) is 0 Å². The van der Waals surface area contributed by atoms with E-state index in [-0.39, 0.29) is 18.9 Å². The van der Waals surface area contributed by atoms with Gasteiger partial charge in [0.25, 0.3) is 0 Å². The Morgan fingerprint density at radius 1 is 1.09 bits per heavy atom. The highest BCUT2D eigenvalue weighted by molar-refractivity contribution is 5.93. The predicted molar refractivity (Wildman–Crippen MR) is 130 cm³/mol. The smallest absolute Gasteiger partial charge is 0.407 e. The van der Waals surface area contributed by atoms with Crippen LogP contribution in [0.15, 0.2) is 18.2 Å². The van der Waals surface area contributed by atoms with Crippen molar-refractivity contribution in [1.82, 2.24) is 10.2 Å². The lowest BCUT2D eigenvalue weighted by Gasteiger charge is -2.24. The van der Waals surface area contributed by atoms with Gasteiger partial charge in [-0.1, -0.05) is 0 Å². The molecule has 0 saturated carbocycles. The Balaban J connectivity index is 2.18. The third-order valence-corrected chi connectivity index (χ3v) is 4.91. The van der Waals surface area contributed by atoms with Crippen LogP contribution in [0.5, 0.6) is 0 Å². The summed E-state index contributed by atoms with van der Waals surface area (Å²) in [6.07, 6.45) is -0.205. The van der Waals surface area contributed by atoms with Crippen LogP contribution in [0, 0.1) is 0 Å². The highest BCUT2D eigenvalue weighted by atomic mass is 16.6. The van der Waals surface area contributed by atoms with Crippen molar-refractivity contribution >= 4 is 29.6 Å². The highest BCUT2D eigenvalue weighted by Crippen LogP contribution is 2.26. The molecule has 0 radical (unpaired) electrons. The molecule has 2 N–H and O–H groups in total. The van der Waals surface area contributed by atoms with Crippen LogP contribution >= 0.6 is 0 Å². The van der Waals surface area contributed by atoms with E-state index < -0.39 is 35.3 Å². The molecule has 1 atom stereocenters. The van der Waals surface area contributed by atoms with E-state index in [4.69, 9.17) is 14.2 Å². The van der Waals surface area contributed by atoms with Gasteiger partial charge in [0.2, 0.25) is 5.91 Å². The molecule has 0 saturated heterocycles. The lowest BCUT2D eigenvalue weighted by molar-refractivity contribution is -0.144. The molecule has 0 aliphatic carbocycles. The largest absolute Gasteiger partial charge is 0.469 e. The normalized spacial score (nSPS) is 15.9. The number of rotatable bonds is 7. The molecule has 2 amide bonds. The SMILES string of the molecule is COC(=O)C[C@H]1Nc2ccc(C(=O)OC(C)(C)C)cc2CN(CCCNC(=O)OC(C)(C)C)C1=O. The minimum absolute atomic E-state index is 0.144. The summed E-state index contributed by atoms with van der Waals surface area (Å²) in [5.74, 6) is -1.26. The number of nitrogens with zero attached hydrogens (tertiary/aromatic N) is 1. The van der Waals surface area contributed by atoms with Crippen LogP contribution in [-0.2, 0) is 30.3 Å². The third-order valence-electron chi connectivity index (χ3n) is 4.91. The molecule has 1 aliphatic heterocycles. The van der Waals surface area contributed by atoms with Crippen molar-refractivity contribution in [3.8, 4) is 0 Å². The van der Waals surface area contributed by atoms with E-state index in [9.17, 15) is 19.2 Å². The van der Waals surface area contributed by atoms with Gasteiger partial charge in [0.05, 0.1) is 19.1 Å². The molecule has 0 fully saturated rings. The minimum atomic E-state index is -0.824. The number of methoxy groups -OCH3 is 1. The number of benzene rings is 1. The summed E-state index contributed by atoms with van der Waals surface area (Å²) in [4.78, 5) is 51.2. The summed E-state index contributed by atoms with van der Waals surface area (Å²) in [6.45, 7) is 11.6. The molecule has 0 bridgehead atoms. The number of amides is 2. The first-order valence-corrected chi connectivity index (χ1v) is 11.6. The Morgan fingerprint density at radius 3 is 2.34 bits per heavy atom. The summed E-state index contributed by atoms with van der Waals surface area (Å²) >= 11 is 0. The molecular formula is C25H37N3O7. The van der Waals surface area contributed by atoms with Crippen LogP contribution < -0.4 is 10.6 Å². The lowest BCUT2D eigenvalue weighted by Crippen LogP contribution is -2.43. The lowest BCUT2D eigenvalue weighted by atomic mass is 10.1. The summed E-state index contributed by atoms with van der Waals surface area (Å²) in [5.41, 5.74) is 0.485. The Morgan fingerprint density at radius 2 is 1.74 bits per heavy atom. The van der Waals surface area contributed by atoms with Crippen LogP contribution in [0.4, 0.5) is 10.5 Å². The number of esters is 2. The Kier molecular flexibility index (Phi) is 9.12. The van der Waals surface area contributed by atoms with Gasteiger partial charge in [0, 0.05) is 25.3 Å². The van der Waals surface area contributed by atoms with Crippen molar-refractivity contribution < 1.29 is 33.4 Å². The van der Waals surface area contributed by atoms with Crippen molar-refractivity contribution in [3.63, 3.8) is 0 Å². The molecular weight excluding hydrogens is 454 g/mol. The number of fused-ring (bicyclic) bond motifs is 1. The average Bonchev–Trinajstić information content (AvgIpc) is 2.85. The Bertz CT molecular complexity index is 947. The maximum absolute atomic E-state index is 13.2. The zero-order valence-corrected chi connectivity index (χ0v) is 21.6. The van der Waals surface area contributed by atoms with Gasteiger partial charge in [0.15, 0.2) is 0 Å². The van der Waals surface area contributed by atoms with Gasteiger partial charge < -0.3 is 29.7 Å². The highest BCUT2D eigenvalue weighted by Gasteiger charge is 2.31. The Labute approximate surface area is 206 Å². The third kappa shape index (κ3) is 9.11. The molecule has 0 spiro atoms. The van der Waals surface area contributed by atoms with Crippen molar-refractivity contribution in [2.45, 2.75) is 78.2 Å². The zero-order chi connectivity index (χ0) is 26.4. The van der Waals surface area contributed by atoms with Gasteiger partial charge in [-0.05, 0) is 71.7 Å². The minimum Gasteiger partial charge on any atom is -0.469 e. The topological polar surface area (TPSA) is 123 Å². The maximum Gasteiger partial charge on any atom is 0.407 e. The average molecular weight is 492 g/mol. The molecule has 0 aromatic heterocycles. The molecule has 10 heteroatoms. The fourth-order valence-corrected chi connectivity index (χ4v) is 3.43. The zero-order valence-electron chi connectivity index (χ0n) is 21.6. The second-order valence-corrected chi connectivity index (χ2v) is 10.4. The van der Waals surface area contributed by atoms with Gasteiger partial charge >= 0.3 is 18.0 Å². The number of ether oxygens (including phenoxy) is 3. The van der Waals surface area contributed by atoms with E-state index in [1.807, 2.05) is 0 Å². The second-order valence-electron chi connectivity index (χ2n) is 10.4. The molecule has 1 heterocycles. The molecule has 0 unspecified atom stereocenters. The predicted octanol–water partition coefficient (Wildman–Crippen LogP) is 3.24. The van der Waals surface area contributed by atoms with E-state index in [0.717, 1.165) is 0 Å². The first-order chi connectivity index (χ1) is 16.2. The first kappa shape index (κ1) is 27.9. The number of anilines is 1. The van der Waals surface area contributed by atoms with Crippen LogP contribution in [-0.4, -0.2) is 66.3 Å². The monoisotopic (exact) mass is 491 g/mol. The summed E-state index contributed by atoms with van der Waals surface area (Å²) in [7, 11) is 1.27. The second kappa shape index (κ2) is 11.4. The van der Waals surface area contributed by atoms with Gasteiger partial charge in [-0.2, -0.15) is 0 Å². The number of hydrogen-bond donors (Lipinski definition) is 2. The van der Waals surface area contributed by atoms with Crippen LogP contribution in [0.2, 0.25) is 0 Å². The fraction of sp³-hybridized carbons (Fsp3) is 0.600.